The van der Waals surface area contributed by atoms with Crippen LogP contribution in [0.1, 0.15) is 44.9 Å². The van der Waals surface area contributed by atoms with Crippen molar-refractivity contribution in [2.24, 2.45) is 11.7 Å². The van der Waals surface area contributed by atoms with Gasteiger partial charge in [0.1, 0.15) is 5.69 Å². The predicted octanol–water partition coefficient (Wildman–Crippen LogP) is 3.73. The number of aromatic nitrogens is 2. The fourth-order valence-corrected chi connectivity index (χ4v) is 4.35. The van der Waals surface area contributed by atoms with Crippen LogP contribution in [0.3, 0.4) is 0 Å². The van der Waals surface area contributed by atoms with Crippen LogP contribution in [-0.2, 0) is 4.79 Å². The summed E-state index contributed by atoms with van der Waals surface area (Å²) in [6, 6.07) is 8.10. The Hall–Kier alpha value is -2.70. The van der Waals surface area contributed by atoms with E-state index in [0.29, 0.717) is 11.6 Å². The van der Waals surface area contributed by atoms with E-state index in [4.69, 9.17) is 5.73 Å². The second-order valence-electron chi connectivity index (χ2n) is 8.08. The molecule has 29 heavy (non-hydrogen) atoms. The minimum Gasteiger partial charge on any atom is -0.372 e. The number of nitrogens with two attached hydrogens (primary N) is 1. The summed E-state index contributed by atoms with van der Waals surface area (Å²) in [5.41, 5.74) is 7.58. The lowest BCUT2D eigenvalue weighted by Gasteiger charge is -2.29. The van der Waals surface area contributed by atoms with Crippen LogP contribution >= 0.6 is 0 Å². The Morgan fingerprint density at radius 1 is 1.14 bits per heavy atom. The van der Waals surface area contributed by atoms with Crippen molar-refractivity contribution in [3.05, 3.63) is 36.3 Å². The van der Waals surface area contributed by atoms with Gasteiger partial charge in [0.15, 0.2) is 5.82 Å². The SMILES string of the molecule is NC(=O)C1CCC(Nc2ncc(F)c(-c3cccc(N4CCCCC4)c3)n2)CC1. The first-order chi connectivity index (χ1) is 14.1. The third-order valence-corrected chi connectivity index (χ3v) is 6.05. The van der Waals surface area contributed by atoms with Gasteiger partial charge in [0.05, 0.1) is 6.20 Å². The number of halogens is 1. The number of nitrogens with zero attached hydrogens (tertiary/aromatic N) is 3. The van der Waals surface area contributed by atoms with Crippen molar-refractivity contribution >= 4 is 17.5 Å². The summed E-state index contributed by atoms with van der Waals surface area (Å²) in [7, 11) is 0. The molecule has 1 aromatic heterocycles. The van der Waals surface area contributed by atoms with E-state index in [0.717, 1.165) is 50.0 Å². The molecule has 0 spiro atoms. The molecule has 1 amide bonds. The number of piperidine rings is 1. The van der Waals surface area contributed by atoms with Crippen LogP contribution < -0.4 is 16.0 Å². The molecule has 1 saturated heterocycles. The molecule has 2 aliphatic rings. The fraction of sp³-hybridized carbons (Fsp3) is 0.500. The summed E-state index contributed by atoms with van der Waals surface area (Å²) >= 11 is 0. The van der Waals surface area contributed by atoms with Crippen LogP contribution in [0, 0.1) is 11.7 Å². The van der Waals surface area contributed by atoms with E-state index in [2.05, 4.69) is 26.3 Å². The second kappa shape index (κ2) is 8.76. The van der Waals surface area contributed by atoms with Crippen LogP contribution in [0.2, 0.25) is 0 Å². The Kier molecular flexibility index (Phi) is 5.92. The molecule has 0 unspecified atom stereocenters. The summed E-state index contributed by atoms with van der Waals surface area (Å²) in [6.07, 6.45) is 8.07. The maximum atomic E-state index is 14.5. The topological polar surface area (TPSA) is 84.1 Å². The zero-order chi connectivity index (χ0) is 20.2. The second-order valence-corrected chi connectivity index (χ2v) is 8.08. The van der Waals surface area contributed by atoms with E-state index < -0.39 is 5.82 Å². The number of carbonyl (C=O) groups excluding carboxylic acids is 1. The number of primary amides is 1. The molecule has 1 aromatic carbocycles. The van der Waals surface area contributed by atoms with Crippen molar-refractivity contribution in [1.29, 1.82) is 0 Å². The van der Waals surface area contributed by atoms with E-state index in [1.54, 1.807) is 0 Å². The van der Waals surface area contributed by atoms with Gasteiger partial charge in [-0.3, -0.25) is 4.79 Å². The average molecular weight is 397 g/mol. The van der Waals surface area contributed by atoms with Gasteiger partial charge in [-0.15, -0.1) is 0 Å². The Balaban J connectivity index is 1.49. The van der Waals surface area contributed by atoms with Gasteiger partial charge in [0, 0.05) is 36.3 Å². The van der Waals surface area contributed by atoms with Crippen LogP contribution in [0.25, 0.3) is 11.3 Å². The number of carbonyl (C=O) groups is 1. The van der Waals surface area contributed by atoms with E-state index >= 15 is 0 Å². The third kappa shape index (κ3) is 4.66. The normalized spacial score (nSPS) is 22.3. The molecule has 3 N–H and O–H groups in total. The molecule has 0 atom stereocenters. The summed E-state index contributed by atoms with van der Waals surface area (Å²) in [5, 5.41) is 3.30. The van der Waals surface area contributed by atoms with Crippen LogP contribution in [0.15, 0.2) is 30.5 Å². The lowest BCUT2D eigenvalue weighted by atomic mass is 9.86. The molecule has 4 rings (SSSR count). The first-order valence-corrected chi connectivity index (χ1v) is 10.5. The molecular weight excluding hydrogens is 369 g/mol. The van der Waals surface area contributed by atoms with E-state index in [-0.39, 0.29) is 17.9 Å². The smallest absolute Gasteiger partial charge is 0.223 e. The molecule has 1 aliphatic heterocycles. The van der Waals surface area contributed by atoms with E-state index in [1.165, 1.54) is 25.5 Å². The lowest BCUT2D eigenvalue weighted by molar-refractivity contribution is -0.122. The largest absolute Gasteiger partial charge is 0.372 e. The highest BCUT2D eigenvalue weighted by Crippen LogP contribution is 2.29. The van der Waals surface area contributed by atoms with Crippen molar-refractivity contribution in [2.45, 2.75) is 51.0 Å². The van der Waals surface area contributed by atoms with Gasteiger partial charge in [-0.1, -0.05) is 12.1 Å². The van der Waals surface area contributed by atoms with Gasteiger partial charge in [0.25, 0.3) is 0 Å². The molecule has 1 aliphatic carbocycles. The van der Waals surface area contributed by atoms with Crippen molar-refractivity contribution in [2.75, 3.05) is 23.3 Å². The van der Waals surface area contributed by atoms with Crippen molar-refractivity contribution < 1.29 is 9.18 Å². The molecule has 7 heteroatoms. The van der Waals surface area contributed by atoms with Crippen molar-refractivity contribution in [3.63, 3.8) is 0 Å². The summed E-state index contributed by atoms with van der Waals surface area (Å²) in [4.78, 5) is 22.3. The minimum atomic E-state index is -0.427. The maximum absolute atomic E-state index is 14.5. The van der Waals surface area contributed by atoms with Crippen molar-refractivity contribution in [1.82, 2.24) is 9.97 Å². The van der Waals surface area contributed by atoms with Gasteiger partial charge in [-0.05, 0) is 57.1 Å². The number of hydrogen-bond donors (Lipinski definition) is 2. The van der Waals surface area contributed by atoms with Gasteiger partial charge in [0.2, 0.25) is 11.9 Å². The highest BCUT2D eigenvalue weighted by atomic mass is 19.1. The number of hydrogen-bond acceptors (Lipinski definition) is 5. The number of anilines is 2. The zero-order valence-corrected chi connectivity index (χ0v) is 16.6. The molecule has 0 bridgehead atoms. The summed E-state index contributed by atoms with van der Waals surface area (Å²) in [5.74, 6) is -0.274. The van der Waals surface area contributed by atoms with E-state index in [9.17, 15) is 9.18 Å². The van der Waals surface area contributed by atoms with Gasteiger partial charge in [-0.25, -0.2) is 14.4 Å². The maximum Gasteiger partial charge on any atom is 0.223 e. The van der Waals surface area contributed by atoms with Gasteiger partial charge in [-0.2, -0.15) is 0 Å². The Bertz CT molecular complexity index is 860. The quantitative estimate of drug-likeness (QED) is 0.803. The molecule has 154 valence electrons. The highest BCUT2D eigenvalue weighted by molar-refractivity contribution is 5.76. The Morgan fingerprint density at radius 3 is 2.62 bits per heavy atom. The first kappa shape index (κ1) is 19.6. The van der Waals surface area contributed by atoms with Crippen LogP contribution in [-0.4, -0.2) is 35.0 Å². The van der Waals surface area contributed by atoms with Gasteiger partial charge >= 0.3 is 0 Å². The first-order valence-electron chi connectivity index (χ1n) is 10.5. The Labute approximate surface area is 170 Å². The van der Waals surface area contributed by atoms with E-state index in [1.807, 2.05) is 18.2 Å². The number of amides is 1. The molecule has 2 fully saturated rings. The number of nitrogens with one attached hydrogen (secondary N) is 1. The predicted molar refractivity (Wildman–Crippen MR) is 112 cm³/mol. The molecule has 2 aromatic rings. The number of benzene rings is 1. The lowest BCUT2D eigenvalue weighted by Crippen LogP contribution is -2.32. The van der Waals surface area contributed by atoms with Gasteiger partial charge < -0.3 is 16.0 Å². The fourth-order valence-electron chi connectivity index (χ4n) is 4.35. The third-order valence-electron chi connectivity index (χ3n) is 6.05. The highest BCUT2D eigenvalue weighted by Gasteiger charge is 2.25. The average Bonchev–Trinajstić information content (AvgIpc) is 2.76. The standard InChI is InChI=1S/C22H28FN5O/c23-19-14-25-22(26-17-9-7-15(8-10-17)21(24)29)27-20(19)16-5-4-6-18(13-16)28-11-2-1-3-12-28/h4-6,13-15,17H,1-3,7-12H2,(H2,24,29)(H,25,26,27). The zero-order valence-electron chi connectivity index (χ0n) is 16.6. The monoisotopic (exact) mass is 397 g/mol. The van der Waals surface area contributed by atoms with Crippen LogP contribution in [0.4, 0.5) is 16.0 Å². The minimum absolute atomic E-state index is 0.0460. The summed E-state index contributed by atoms with van der Waals surface area (Å²) < 4.78 is 14.5. The molecule has 2 heterocycles. The Morgan fingerprint density at radius 2 is 1.90 bits per heavy atom. The molecular formula is C22H28FN5O. The van der Waals surface area contributed by atoms with Crippen LogP contribution in [0.5, 0.6) is 0 Å². The molecule has 6 nitrogen and oxygen atoms in total. The molecule has 0 radical (unpaired) electrons. The van der Waals surface area contributed by atoms with Crippen molar-refractivity contribution in [3.8, 4) is 11.3 Å². The number of rotatable bonds is 5. The summed E-state index contributed by atoms with van der Waals surface area (Å²) in [6.45, 7) is 2.08. The molecule has 1 saturated carbocycles.